The summed E-state index contributed by atoms with van der Waals surface area (Å²) < 4.78 is 0. The van der Waals surface area contributed by atoms with Gasteiger partial charge in [-0.25, -0.2) is 0 Å². The van der Waals surface area contributed by atoms with E-state index in [1.54, 1.807) is 4.80 Å². The van der Waals surface area contributed by atoms with Crippen molar-refractivity contribution in [2.45, 2.75) is 45.6 Å². The van der Waals surface area contributed by atoms with E-state index in [0.717, 1.165) is 17.5 Å². The molecule has 0 spiro atoms. The standard InChI is InChI=1S/C20H24N4/c1-4-5-11-16-12-9-10-15-18(16)19-21-23-24(22-19)20(2,3)17-13-7-6-8-14-17/h6-10,12-15H,4-5,11H2,1-3H3. The number of unbranched alkanes of at least 4 members (excludes halogenated alkanes) is 1. The van der Waals surface area contributed by atoms with E-state index < -0.39 is 0 Å². The molecule has 4 heteroatoms. The van der Waals surface area contributed by atoms with E-state index in [4.69, 9.17) is 5.10 Å². The number of aromatic nitrogens is 4. The van der Waals surface area contributed by atoms with Crippen LogP contribution in [0, 0.1) is 0 Å². The van der Waals surface area contributed by atoms with Crippen molar-refractivity contribution < 1.29 is 0 Å². The minimum atomic E-state index is -0.342. The number of tetrazole rings is 1. The molecular weight excluding hydrogens is 296 g/mol. The summed E-state index contributed by atoms with van der Waals surface area (Å²) in [4.78, 5) is 1.72. The molecule has 3 rings (SSSR count). The third-order valence-corrected chi connectivity index (χ3v) is 4.45. The van der Waals surface area contributed by atoms with Crippen molar-refractivity contribution in [1.82, 2.24) is 20.2 Å². The van der Waals surface area contributed by atoms with Crippen LogP contribution in [0.3, 0.4) is 0 Å². The zero-order valence-corrected chi connectivity index (χ0v) is 14.6. The first-order chi connectivity index (χ1) is 11.6. The smallest absolute Gasteiger partial charge is 0.154 e. The highest BCUT2D eigenvalue weighted by molar-refractivity contribution is 5.59. The summed E-state index contributed by atoms with van der Waals surface area (Å²) in [5.74, 6) is 0.700. The molecule has 0 atom stereocenters. The van der Waals surface area contributed by atoms with E-state index in [-0.39, 0.29) is 5.54 Å². The van der Waals surface area contributed by atoms with E-state index in [1.165, 1.54) is 18.4 Å². The molecule has 0 aliphatic carbocycles. The third kappa shape index (κ3) is 3.23. The van der Waals surface area contributed by atoms with E-state index in [1.807, 2.05) is 24.3 Å². The van der Waals surface area contributed by atoms with Crippen molar-refractivity contribution in [2.75, 3.05) is 0 Å². The second-order valence-corrected chi connectivity index (χ2v) is 6.59. The fourth-order valence-electron chi connectivity index (χ4n) is 2.84. The molecule has 0 radical (unpaired) electrons. The molecule has 0 unspecified atom stereocenters. The van der Waals surface area contributed by atoms with Gasteiger partial charge in [0.2, 0.25) is 5.82 Å². The number of hydrogen-bond acceptors (Lipinski definition) is 3. The minimum absolute atomic E-state index is 0.342. The Morgan fingerprint density at radius 3 is 2.42 bits per heavy atom. The van der Waals surface area contributed by atoms with Crippen molar-refractivity contribution in [2.24, 2.45) is 0 Å². The number of hydrogen-bond donors (Lipinski definition) is 0. The summed E-state index contributed by atoms with van der Waals surface area (Å²) in [7, 11) is 0. The number of benzene rings is 2. The van der Waals surface area contributed by atoms with Gasteiger partial charge >= 0.3 is 0 Å². The quantitative estimate of drug-likeness (QED) is 0.673. The maximum absolute atomic E-state index is 4.69. The molecule has 0 aliphatic heterocycles. The van der Waals surface area contributed by atoms with Gasteiger partial charge in [-0.05, 0) is 43.0 Å². The highest BCUT2D eigenvalue weighted by Crippen LogP contribution is 2.26. The lowest BCUT2D eigenvalue weighted by Crippen LogP contribution is -2.30. The van der Waals surface area contributed by atoms with Crippen molar-refractivity contribution >= 4 is 0 Å². The highest BCUT2D eigenvalue weighted by Gasteiger charge is 2.26. The summed E-state index contributed by atoms with van der Waals surface area (Å²) in [5, 5.41) is 13.4. The Labute approximate surface area is 143 Å². The maximum atomic E-state index is 4.69. The van der Waals surface area contributed by atoms with Crippen LogP contribution in [-0.4, -0.2) is 20.2 Å². The summed E-state index contributed by atoms with van der Waals surface area (Å²) in [5.41, 5.74) is 3.19. The molecular formula is C20H24N4. The normalized spacial score (nSPS) is 11.6. The predicted molar refractivity (Wildman–Crippen MR) is 96.7 cm³/mol. The Morgan fingerprint density at radius 2 is 1.67 bits per heavy atom. The molecule has 4 nitrogen and oxygen atoms in total. The van der Waals surface area contributed by atoms with Gasteiger partial charge in [0.1, 0.15) is 5.54 Å². The zero-order chi connectivity index (χ0) is 17.0. The van der Waals surface area contributed by atoms with Crippen LogP contribution >= 0.6 is 0 Å². The van der Waals surface area contributed by atoms with Crippen LogP contribution < -0.4 is 0 Å². The predicted octanol–water partition coefficient (Wildman–Crippen LogP) is 4.47. The molecule has 0 aliphatic rings. The summed E-state index contributed by atoms with van der Waals surface area (Å²) in [6.45, 7) is 6.42. The van der Waals surface area contributed by atoms with Gasteiger partial charge in [-0.3, -0.25) is 0 Å². The largest absolute Gasteiger partial charge is 0.205 e. The lowest BCUT2D eigenvalue weighted by Gasteiger charge is -2.23. The van der Waals surface area contributed by atoms with Gasteiger partial charge in [0.05, 0.1) is 0 Å². The molecule has 0 amide bonds. The molecule has 2 aromatic carbocycles. The molecule has 1 aromatic heterocycles. The Balaban J connectivity index is 1.94. The first-order valence-corrected chi connectivity index (χ1v) is 8.57. The fourth-order valence-corrected chi connectivity index (χ4v) is 2.84. The van der Waals surface area contributed by atoms with Gasteiger partial charge in [0, 0.05) is 5.56 Å². The number of nitrogens with zero attached hydrogens (tertiary/aromatic N) is 4. The van der Waals surface area contributed by atoms with Gasteiger partial charge in [-0.2, -0.15) is 4.80 Å². The van der Waals surface area contributed by atoms with Crippen LogP contribution in [0.5, 0.6) is 0 Å². The second-order valence-electron chi connectivity index (χ2n) is 6.59. The molecule has 3 aromatic rings. The summed E-state index contributed by atoms with van der Waals surface area (Å²) in [6.07, 6.45) is 3.39. The lowest BCUT2D eigenvalue weighted by atomic mass is 9.95. The average molecular weight is 320 g/mol. The molecule has 0 N–H and O–H groups in total. The second kappa shape index (κ2) is 6.95. The van der Waals surface area contributed by atoms with Crippen LogP contribution in [0.1, 0.15) is 44.7 Å². The van der Waals surface area contributed by atoms with E-state index in [9.17, 15) is 0 Å². The molecule has 0 bridgehead atoms. The summed E-state index contributed by atoms with van der Waals surface area (Å²) >= 11 is 0. The topological polar surface area (TPSA) is 43.6 Å². The van der Waals surface area contributed by atoms with Crippen LogP contribution in [0.25, 0.3) is 11.4 Å². The van der Waals surface area contributed by atoms with E-state index >= 15 is 0 Å². The van der Waals surface area contributed by atoms with Crippen molar-refractivity contribution in [3.8, 4) is 11.4 Å². The molecule has 0 saturated carbocycles. The molecule has 124 valence electrons. The zero-order valence-electron chi connectivity index (χ0n) is 14.6. The SMILES string of the molecule is CCCCc1ccccc1-c1nnn(C(C)(C)c2ccccc2)n1. The Kier molecular flexibility index (Phi) is 4.74. The molecule has 24 heavy (non-hydrogen) atoms. The highest BCUT2D eigenvalue weighted by atomic mass is 15.6. The monoisotopic (exact) mass is 320 g/mol. The minimum Gasteiger partial charge on any atom is -0.154 e. The fraction of sp³-hybridized carbons (Fsp3) is 0.350. The molecule has 0 fully saturated rings. The first-order valence-electron chi connectivity index (χ1n) is 8.57. The van der Waals surface area contributed by atoms with Gasteiger partial charge in [0.15, 0.2) is 0 Å². The van der Waals surface area contributed by atoms with Crippen LogP contribution in [-0.2, 0) is 12.0 Å². The number of rotatable bonds is 6. The van der Waals surface area contributed by atoms with E-state index in [0.29, 0.717) is 5.82 Å². The average Bonchev–Trinajstić information content (AvgIpc) is 3.12. The van der Waals surface area contributed by atoms with Gasteiger partial charge in [0.25, 0.3) is 0 Å². The third-order valence-electron chi connectivity index (χ3n) is 4.45. The molecule has 0 saturated heterocycles. The molecule has 1 heterocycles. The Bertz CT molecular complexity index is 790. The first kappa shape index (κ1) is 16.4. The van der Waals surface area contributed by atoms with Crippen molar-refractivity contribution in [3.05, 3.63) is 65.7 Å². The van der Waals surface area contributed by atoms with Crippen molar-refractivity contribution in [3.63, 3.8) is 0 Å². The van der Waals surface area contributed by atoms with Crippen LogP contribution in [0.4, 0.5) is 0 Å². The number of aryl methyl sites for hydroxylation is 1. The Hall–Kier alpha value is -2.49. The van der Waals surface area contributed by atoms with Crippen LogP contribution in [0.15, 0.2) is 54.6 Å². The van der Waals surface area contributed by atoms with Gasteiger partial charge in [-0.15, -0.1) is 10.2 Å². The van der Waals surface area contributed by atoms with Crippen LogP contribution in [0.2, 0.25) is 0 Å². The lowest BCUT2D eigenvalue weighted by molar-refractivity contribution is 0.337. The van der Waals surface area contributed by atoms with Gasteiger partial charge in [-0.1, -0.05) is 67.9 Å². The summed E-state index contributed by atoms with van der Waals surface area (Å²) in [6, 6.07) is 18.6. The van der Waals surface area contributed by atoms with E-state index in [2.05, 4.69) is 61.4 Å². The Morgan fingerprint density at radius 1 is 0.958 bits per heavy atom. The van der Waals surface area contributed by atoms with Gasteiger partial charge < -0.3 is 0 Å². The maximum Gasteiger partial charge on any atom is 0.205 e. The van der Waals surface area contributed by atoms with Crippen molar-refractivity contribution in [1.29, 1.82) is 0 Å².